The fourth-order valence-electron chi connectivity index (χ4n) is 0.372. The van der Waals surface area contributed by atoms with E-state index in [0.717, 1.165) is 0 Å². The quantitative estimate of drug-likeness (QED) is 0.502. The molecule has 1 aliphatic rings. The zero-order valence-electron chi connectivity index (χ0n) is 3.72. The van der Waals surface area contributed by atoms with Gasteiger partial charge in [0.25, 0.3) is 0 Å². The molecule has 1 aliphatic heterocycles. The van der Waals surface area contributed by atoms with E-state index in [9.17, 15) is 0 Å². The summed E-state index contributed by atoms with van der Waals surface area (Å²) < 4.78 is 3.53. The van der Waals surface area contributed by atoms with Crippen molar-refractivity contribution in [1.29, 1.82) is 0 Å². The third-order valence-electron chi connectivity index (χ3n) is 0.727. The van der Waals surface area contributed by atoms with Gasteiger partial charge < -0.3 is 0 Å². The van der Waals surface area contributed by atoms with Crippen molar-refractivity contribution in [3.05, 3.63) is 0 Å². The first kappa shape index (κ1) is 4.61. The summed E-state index contributed by atoms with van der Waals surface area (Å²) in [6.45, 7) is 2.17. The third kappa shape index (κ3) is 0.959. The van der Waals surface area contributed by atoms with Crippen molar-refractivity contribution < 1.29 is 0 Å². The minimum absolute atomic E-state index is 0.268. The maximum absolute atomic E-state index is 4.17. The monoisotopic (exact) mass is 199 g/mol. The Labute approximate surface area is 47.9 Å². The zero-order valence-corrected chi connectivity index (χ0v) is 6.05. The molecular formula is C4H7NTe. The molecule has 6 heavy (non-hydrogen) atoms. The number of rotatable bonds is 0. The van der Waals surface area contributed by atoms with Crippen LogP contribution in [0.1, 0.15) is 6.92 Å². The normalized spacial score (nSPS) is 31.8. The molecule has 0 saturated heterocycles. The summed E-state index contributed by atoms with van der Waals surface area (Å²) in [5.41, 5.74) is 0. The molecule has 2 heteroatoms. The van der Waals surface area contributed by atoms with Crippen LogP contribution in [0.4, 0.5) is 0 Å². The Kier molecular flexibility index (Phi) is 1.50. The molecule has 0 spiro atoms. The molecule has 1 unspecified atom stereocenters. The van der Waals surface area contributed by atoms with Crippen LogP contribution in [-0.2, 0) is 0 Å². The van der Waals surface area contributed by atoms with Crippen molar-refractivity contribution in [3.63, 3.8) is 0 Å². The van der Waals surface area contributed by atoms with Crippen molar-refractivity contribution in [2.45, 2.75) is 17.4 Å². The average molecular weight is 197 g/mol. The SMILES string of the molecule is CC1C[Te]C=N1. The third-order valence-corrected chi connectivity index (χ3v) is 3.43. The van der Waals surface area contributed by atoms with Gasteiger partial charge in [-0.15, -0.1) is 0 Å². The van der Waals surface area contributed by atoms with E-state index in [1.54, 1.807) is 0 Å². The van der Waals surface area contributed by atoms with Gasteiger partial charge in [-0.2, -0.15) is 0 Å². The van der Waals surface area contributed by atoms with Crippen LogP contribution in [0.15, 0.2) is 4.99 Å². The number of hydrogen-bond donors (Lipinski definition) is 0. The summed E-state index contributed by atoms with van der Waals surface area (Å²) in [5.74, 6) is 0. The molecule has 0 aliphatic carbocycles. The van der Waals surface area contributed by atoms with Gasteiger partial charge in [-0.25, -0.2) is 0 Å². The summed E-state index contributed by atoms with van der Waals surface area (Å²) in [7, 11) is 0. The first-order valence-electron chi connectivity index (χ1n) is 2.03. The topological polar surface area (TPSA) is 12.4 Å². The molecule has 1 heterocycles. The van der Waals surface area contributed by atoms with Gasteiger partial charge in [0.15, 0.2) is 0 Å². The van der Waals surface area contributed by atoms with E-state index >= 15 is 0 Å². The minimum atomic E-state index is 0.268. The average Bonchev–Trinajstić information content (AvgIpc) is 1.86. The van der Waals surface area contributed by atoms with E-state index < -0.39 is 0 Å². The first-order chi connectivity index (χ1) is 2.89. The first-order valence-corrected chi connectivity index (χ1v) is 5.02. The van der Waals surface area contributed by atoms with Gasteiger partial charge in [-0.1, -0.05) is 0 Å². The van der Waals surface area contributed by atoms with Crippen molar-refractivity contribution in [2.24, 2.45) is 4.99 Å². The molecule has 1 atom stereocenters. The second-order valence-electron chi connectivity index (χ2n) is 1.44. The van der Waals surface area contributed by atoms with Crippen molar-refractivity contribution >= 4 is 25.2 Å². The van der Waals surface area contributed by atoms with E-state index in [-0.39, 0.29) is 20.9 Å². The Morgan fingerprint density at radius 3 is 3.00 bits per heavy atom. The molecule has 34 valence electrons. The molecule has 0 aromatic rings. The molecule has 1 nitrogen and oxygen atoms in total. The Morgan fingerprint density at radius 2 is 2.83 bits per heavy atom. The summed E-state index contributed by atoms with van der Waals surface area (Å²) in [4.78, 5) is 4.17. The summed E-state index contributed by atoms with van der Waals surface area (Å²) in [6.07, 6.45) is 0. The van der Waals surface area contributed by atoms with Gasteiger partial charge in [-0.05, 0) is 0 Å². The van der Waals surface area contributed by atoms with Crippen molar-refractivity contribution in [2.75, 3.05) is 0 Å². The van der Waals surface area contributed by atoms with E-state index in [0.29, 0.717) is 6.04 Å². The van der Waals surface area contributed by atoms with Crippen LogP contribution < -0.4 is 0 Å². The predicted molar refractivity (Wildman–Crippen MR) is 28.5 cm³/mol. The molecule has 0 amide bonds. The Bertz CT molecular complexity index is 69.9. The van der Waals surface area contributed by atoms with Crippen molar-refractivity contribution in [3.8, 4) is 0 Å². The van der Waals surface area contributed by atoms with Crippen LogP contribution >= 0.6 is 0 Å². The van der Waals surface area contributed by atoms with Gasteiger partial charge in [0.05, 0.1) is 0 Å². The molecule has 0 saturated carbocycles. The molecule has 0 radical (unpaired) electrons. The molecule has 0 aromatic heterocycles. The molecule has 1 rings (SSSR count). The van der Waals surface area contributed by atoms with Crippen LogP contribution in [-0.4, -0.2) is 31.2 Å². The van der Waals surface area contributed by atoms with Crippen LogP contribution in [0.2, 0.25) is 4.47 Å². The van der Waals surface area contributed by atoms with E-state index in [1.807, 2.05) is 0 Å². The van der Waals surface area contributed by atoms with Crippen LogP contribution in [0.25, 0.3) is 0 Å². The standard InChI is InChI=1S/C4H7NTe/c1-4-2-6-3-5-4/h3-4H,2H2,1H3. The van der Waals surface area contributed by atoms with Crippen LogP contribution in [0, 0.1) is 0 Å². The maximum atomic E-state index is 4.17. The molecule has 0 bridgehead atoms. The Hall–Kier alpha value is 0.460. The molecule has 0 N–H and O–H groups in total. The number of nitrogens with zero attached hydrogens (tertiary/aromatic N) is 1. The summed E-state index contributed by atoms with van der Waals surface area (Å²) >= 11 is 0.268. The molecule has 0 fully saturated rings. The Morgan fingerprint density at radius 1 is 2.00 bits per heavy atom. The van der Waals surface area contributed by atoms with Gasteiger partial charge in [-0.3, -0.25) is 0 Å². The predicted octanol–water partition coefficient (Wildman–Crippen LogP) is 0.539. The Balaban J connectivity index is 2.38. The fourth-order valence-corrected chi connectivity index (χ4v) is 2.50. The van der Waals surface area contributed by atoms with E-state index in [1.165, 1.54) is 4.47 Å². The number of hydrogen-bond acceptors (Lipinski definition) is 1. The zero-order chi connectivity index (χ0) is 4.41. The summed E-state index contributed by atoms with van der Waals surface area (Å²) in [5, 5.41) is 0. The summed E-state index contributed by atoms with van der Waals surface area (Å²) in [6, 6.07) is 0.674. The van der Waals surface area contributed by atoms with Crippen LogP contribution in [0.3, 0.4) is 0 Å². The number of aliphatic imine (C=N–C) groups is 1. The van der Waals surface area contributed by atoms with Gasteiger partial charge in [0.2, 0.25) is 0 Å². The fraction of sp³-hybridized carbons (Fsp3) is 0.750. The molecule has 0 aromatic carbocycles. The van der Waals surface area contributed by atoms with Gasteiger partial charge >= 0.3 is 47.6 Å². The van der Waals surface area contributed by atoms with Gasteiger partial charge in [0.1, 0.15) is 0 Å². The second-order valence-corrected chi connectivity index (χ2v) is 3.94. The van der Waals surface area contributed by atoms with Crippen molar-refractivity contribution in [1.82, 2.24) is 0 Å². The van der Waals surface area contributed by atoms with Crippen LogP contribution in [0.5, 0.6) is 0 Å². The second kappa shape index (κ2) is 1.95. The van der Waals surface area contributed by atoms with E-state index in [2.05, 4.69) is 16.2 Å². The molecular weight excluding hydrogens is 190 g/mol. The van der Waals surface area contributed by atoms with E-state index in [4.69, 9.17) is 0 Å². The van der Waals surface area contributed by atoms with Gasteiger partial charge in [0, 0.05) is 0 Å².